The molecule has 116 valence electrons. The van der Waals surface area contributed by atoms with Crippen LogP contribution in [0.4, 0.5) is 0 Å². The van der Waals surface area contributed by atoms with Crippen LogP contribution in [-0.4, -0.2) is 16.1 Å². The van der Waals surface area contributed by atoms with Crippen molar-refractivity contribution in [3.05, 3.63) is 71.6 Å². The highest BCUT2D eigenvalue weighted by atomic mass is 32.2. The van der Waals surface area contributed by atoms with Gasteiger partial charge in [-0.2, -0.15) is 0 Å². The molecule has 3 aromatic rings. The smallest absolute Gasteiger partial charge is 0.335 e. The topological polar surface area (TPSA) is 63.3 Å². The molecule has 0 saturated heterocycles. The van der Waals surface area contributed by atoms with Crippen molar-refractivity contribution in [3.8, 4) is 11.5 Å². The molecule has 0 bridgehead atoms. The molecular weight excluding hydrogens is 310 g/mol. The second-order valence-electron chi connectivity index (χ2n) is 5.01. The van der Waals surface area contributed by atoms with Gasteiger partial charge in [0.05, 0.1) is 11.3 Å². The van der Waals surface area contributed by atoms with Crippen molar-refractivity contribution in [1.82, 2.24) is 4.98 Å². The number of hydrogen-bond donors (Lipinski definition) is 1. The van der Waals surface area contributed by atoms with Gasteiger partial charge >= 0.3 is 5.97 Å². The molecule has 0 radical (unpaired) electrons. The van der Waals surface area contributed by atoms with Gasteiger partial charge in [0.15, 0.2) is 0 Å². The highest BCUT2D eigenvalue weighted by molar-refractivity contribution is 7.98. The van der Waals surface area contributed by atoms with Crippen molar-refractivity contribution in [2.45, 2.75) is 17.6 Å². The van der Waals surface area contributed by atoms with Gasteiger partial charge in [-0.1, -0.05) is 18.2 Å². The van der Waals surface area contributed by atoms with E-state index in [2.05, 4.69) is 17.1 Å². The fourth-order valence-electron chi connectivity index (χ4n) is 2.11. The summed E-state index contributed by atoms with van der Waals surface area (Å²) >= 11 is 1.70. The Balaban J connectivity index is 1.76. The van der Waals surface area contributed by atoms with Gasteiger partial charge in [-0.25, -0.2) is 9.78 Å². The summed E-state index contributed by atoms with van der Waals surface area (Å²) < 4.78 is 5.72. The van der Waals surface area contributed by atoms with Crippen LogP contribution >= 0.6 is 11.8 Å². The third-order valence-corrected chi connectivity index (χ3v) is 4.41. The van der Waals surface area contributed by atoms with E-state index in [1.165, 1.54) is 4.90 Å². The SMILES string of the molecule is Cc1oc(-c2ccc(C(=O)O)cc2)nc1CSc1ccccc1. The highest BCUT2D eigenvalue weighted by Gasteiger charge is 2.12. The molecule has 1 N–H and O–H groups in total. The van der Waals surface area contributed by atoms with Gasteiger partial charge in [0.1, 0.15) is 5.76 Å². The van der Waals surface area contributed by atoms with E-state index in [9.17, 15) is 4.79 Å². The molecule has 0 amide bonds. The Morgan fingerprint density at radius 1 is 1.13 bits per heavy atom. The number of carbonyl (C=O) groups is 1. The van der Waals surface area contributed by atoms with Crippen molar-refractivity contribution in [2.24, 2.45) is 0 Å². The molecule has 0 unspecified atom stereocenters. The fraction of sp³-hybridized carbons (Fsp3) is 0.111. The zero-order chi connectivity index (χ0) is 16.2. The van der Waals surface area contributed by atoms with Crippen molar-refractivity contribution in [3.63, 3.8) is 0 Å². The Morgan fingerprint density at radius 3 is 2.48 bits per heavy atom. The number of aryl methyl sites for hydroxylation is 1. The summed E-state index contributed by atoms with van der Waals surface area (Å²) in [6.45, 7) is 1.89. The maximum Gasteiger partial charge on any atom is 0.335 e. The van der Waals surface area contributed by atoms with Crippen LogP contribution in [0.2, 0.25) is 0 Å². The molecule has 2 aromatic carbocycles. The molecule has 0 atom stereocenters. The zero-order valence-corrected chi connectivity index (χ0v) is 13.3. The largest absolute Gasteiger partial charge is 0.478 e. The van der Waals surface area contributed by atoms with E-state index in [0.717, 1.165) is 22.8 Å². The molecule has 3 rings (SSSR count). The van der Waals surface area contributed by atoms with Gasteiger partial charge < -0.3 is 9.52 Å². The monoisotopic (exact) mass is 325 g/mol. The number of thioether (sulfide) groups is 1. The molecular formula is C18H15NO3S. The van der Waals surface area contributed by atoms with Gasteiger partial charge in [0.2, 0.25) is 5.89 Å². The van der Waals surface area contributed by atoms with Crippen LogP contribution in [0.15, 0.2) is 63.9 Å². The minimum atomic E-state index is -0.944. The van der Waals surface area contributed by atoms with Gasteiger partial charge in [-0.15, -0.1) is 11.8 Å². The number of carboxylic acid groups (broad SMARTS) is 1. The Labute approximate surface area is 138 Å². The number of rotatable bonds is 5. The zero-order valence-electron chi connectivity index (χ0n) is 12.5. The third kappa shape index (κ3) is 3.63. The Kier molecular flexibility index (Phi) is 4.48. The number of benzene rings is 2. The van der Waals surface area contributed by atoms with Crippen LogP contribution in [-0.2, 0) is 5.75 Å². The van der Waals surface area contributed by atoms with E-state index >= 15 is 0 Å². The van der Waals surface area contributed by atoms with E-state index in [4.69, 9.17) is 9.52 Å². The van der Waals surface area contributed by atoms with Crippen LogP contribution < -0.4 is 0 Å². The van der Waals surface area contributed by atoms with Crippen LogP contribution in [0.5, 0.6) is 0 Å². The van der Waals surface area contributed by atoms with Gasteiger partial charge in [0, 0.05) is 16.2 Å². The Hall–Kier alpha value is -2.53. The van der Waals surface area contributed by atoms with Gasteiger partial charge in [0.25, 0.3) is 0 Å². The van der Waals surface area contributed by atoms with Crippen LogP contribution in [0.25, 0.3) is 11.5 Å². The summed E-state index contributed by atoms with van der Waals surface area (Å²) in [7, 11) is 0. The maximum absolute atomic E-state index is 10.9. The van der Waals surface area contributed by atoms with Gasteiger partial charge in [-0.3, -0.25) is 0 Å². The predicted octanol–water partition coefficient (Wildman–Crippen LogP) is 4.64. The number of oxazole rings is 1. The van der Waals surface area contributed by atoms with Crippen molar-refractivity contribution < 1.29 is 14.3 Å². The number of aromatic nitrogens is 1. The molecule has 23 heavy (non-hydrogen) atoms. The summed E-state index contributed by atoms with van der Waals surface area (Å²) in [5, 5.41) is 8.93. The molecule has 0 fully saturated rings. The van der Waals surface area contributed by atoms with Crippen molar-refractivity contribution in [2.75, 3.05) is 0 Å². The Morgan fingerprint density at radius 2 is 1.83 bits per heavy atom. The van der Waals surface area contributed by atoms with E-state index in [0.29, 0.717) is 5.89 Å². The third-order valence-electron chi connectivity index (χ3n) is 3.39. The second kappa shape index (κ2) is 6.71. The molecule has 0 aliphatic carbocycles. The summed E-state index contributed by atoms with van der Waals surface area (Å²) in [5.74, 6) is 1.08. The molecule has 0 aliphatic rings. The number of carboxylic acids is 1. The maximum atomic E-state index is 10.9. The first-order valence-corrected chi connectivity index (χ1v) is 8.10. The normalized spacial score (nSPS) is 10.7. The summed E-state index contributed by atoms with van der Waals surface area (Å²) in [5.41, 5.74) is 1.92. The number of nitrogens with zero attached hydrogens (tertiary/aromatic N) is 1. The second-order valence-corrected chi connectivity index (χ2v) is 6.05. The molecule has 0 aliphatic heterocycles. The molecule has 4 nitrogen and oxygen atoms in total. The molecule has 1 heterocycles. The molecule has 5 heteroatoms. The van der Waals surface area contributed by atoms with E-state index in [1.54, 1.807) is 36.0 Å². The quantitative estimate of drug-likeness (QED) is 0.692. The first-order chi connectivity index (χ1) is 11.1. The van der Waals surface area contributed by atoms with Crippen molar-refractivity contribution in [1.29, 1.82) is 0 Å². The summed E-state index contributed by atoms with van der Waals surface area (Å²) in [6.07, 6.45) is 0. The van der Waals surface area contributed by atoms with Gasteiger partial charge in [-0.05, 0) is 43.3 Å². The highest BCUT2D eigenvalue weighted by Crippen LogP contribution is 2.27. The average Bonchev–Trinajstić information content (AvgIpc) is 2.95. The lowest BCUT2D eigenvalue weighted by Crippen LogP contribution is -1.95. The molecule has 0 saturated carbocycles. The average molecular weight is 325 g/mol. The lowest BCUT2D eigenvalue weighted by molar-refractivity contribution is 0.0697. The van der Waals surface area contributed by atoms with Crippen LogP contribution in [0, 0.1) is 6.92 Å². The summed E-state index contributed by atoms with van der Waals surface area (Å²) in [6, 6.07) is 16.7. The molecule has 0 spiro atoms. The minimum Gasteiger partial charge on any atom is -0.478 e. The lowest BCUT2D eigenvalue weighted by Gasteiger charge is -1.98. The first-order valence-electron chi connectivity index (χ1n) is 7.11. The standard InChI is InChI=1S/C18H15NO3S/c1-12-16(11-23-15-5-3-2-4-6-15)19-17(22-12)13-7-9-14(10-8-13)18(20)21/h2-10H,11H2,1H3,(H,20,21). The summed E-state index contributed by atoms with van der Waals surface area (Å²) in [4.78, 5) is 16.6. The first kappa shape index (κ1) is 15.4. The van der Waals surface area contributed by atoms with Crippen LogP contribution in [0.1, 0.15) is 21.8 Å². The minimum absolute atomic E-state index is 0.247. The van der Waals surface area contributed by atoms with E-state index < -0.39 is 5.97 Å². The fourth-order valence-corrected chi connectivity index (χ4v) is 3.03. The van der Waals surface area contributed by atoms with E-state index in [1.807, 2.05) is 25.1 Å². The predicted molar refractivity (Wildman–Crippen MR) is 89.6 cm³/mol. The number of hydrogen-bond acceptors (Lipinski definition) is 4. The molecule has 1 aromatic heterocycles. The lowest BCUT2D eigenvalue weighted by atomic mass is 10.1. The van der Waals surface area contributed by atoms with Crippen molar-refractivity contribution >= 4 is 17.7 Å². The van der Waals surface area contributed by atoms with Crippen LogP contribution in [0.3, 0.4) is 0 Å². The number of aromatic carboxylic acids is 1. The Bertz CT molecular complexity index is 810. The van der Waals surface area contributed by atoms with E-state index in [-0.39, 0.29) is 5.56 Å².